The maximum Gasteiger partial charge on any atom is 0.240 e. The van der Waals surface area contributed by atoms with Crippen LogP contribution in [0.15, 0.2) is 22.7 Å². The Bertz CT molecular complexity index is 615. The van der Waals surface area contributed by atoms with Crippen molar-refractivity contribution in [2.24, 2.45) is 5.73 Å². The first-order valence-electron chi connectivity index (χ1n) is 6.44. The van der Waals surface area contributed by atoms with Gasteiger partial charge in [0.1, 0.15) is 5.82 Å². The van der Waals surface area contributed by atoms with Gasteiger partial charge in [-0.2, -0.15) is 4.98 Å². The molecule has 2 aromatic rings. The molecular formula is C13H16FN5O. The minimum atomic E-state index is -0.234. The molecule has 1 aromatic carbocycles. The van der Waals surface area contributed by atoms with Crippen LogP contribution in [0.5, 0.6) is 0 Å². The predicted molar refractivity (Wildman–Crippen MR) is 72.9 cm³/mol. The molecular weight excluding hydrogens is 261 g/mol. The summed E-state index contributed by atoms with van der Waals surface area (Å²) < 4.78 is 18.4. The molecule has 0 saturated carbocycles. The molecule has 0 aliphatic carbocycles. The highest BCUT2D eigenvalue weighted by Gasteiger charge is 2.22. The maximum absolute atomic E-state index is 13.4. The van der Waals surface area contributed by atoms with E-state index in [0.717, 1.165) is 24.5 Å². The summed E-state index contributed by atoms with van der Waals surface area (Å²) >= 11 is 0. The van der Waals surface area contributed by atoms with Gasteiger partial charge in [0, 0.05) is 20.1 Å². The molecule has 6 nitrogen and oxygen atoms in total. The Kier molecular flexibility index (Phi) is 3.27. The van der Waals surface area contributed by atoms with Gasteiger partial charge in [0.25, 0.3) is 0 Å². The third kappa shape index (κ3) is 2.32. The van der Waals surface area contributed by atoms with E-state index < -0.39 is 0 Å². The average molecular weight is 277 g/mol. The van der Waals surface area contributed by atoms with Crippen LogP contribution in [0.3, 0.4) is 0 Å². The highest BCUT2D eigenvalue weighted by atomic mass is 19.1. The van der Waals surface area contributed by atoms with Crippen molar-refractivity contribution >= 4 is 11.4 Å². The number of halogens is 1. The summed E-state index contributed by atoms with van der Waals surface area (Å²) in [6.45, 7) is 2.40. The molecule has 1 aliphatic heterocycles. The third-order valence-corrected chi connectivity index (χ3v) is 3.41. The zero-order valence-electron chi connectivity index (χ0n) is 11.2. The van der Waals surface area contributed by atoms with Gasteiger partial charge in [0.2, 0.25) is 5.89 Å². The van der Waals surface area contributed by atoms with Gasteiger partial charge in [-0.05, 0) is 18.2 Å². The van der Waals surface area contributed by atoms with Crippen molar-refractivity contribution < 1.29 is 8.91 Å². The molecule has 3 rings (SSSR count). The van der Waals surface area contributed by atoms with E-state index in [1.54, 1.807) is 12.1 Å². The number of anilines is 2. The lowest BCUT2D eigenvalue weighted by Crippen LogP contribution is -2.39. The molecule has 0 unspecified atom stereocenters. The van der Waals surface area contributed by atoms with Crippen molar-refractivity contribution in [1.29, 1.82) is 0 Å². The molecule has 1 aromatic heterocycles. The fourth-order valence-electron chi connectivity index (χ4n) is 2.35. The minimum absolute atomic E-state index is 0.234. The van der Waals surface area contributed by atoms with E-state index >= 15 is 0 Å². The highest BCUT2D eigenvalue weighted by molar-refractivity contribution is 5.73. The van der Waals surface area contributed by atoms with E-state index in [2.05, 4.69) is 15.0 Å². The van der Waals surface area contributed by atoms with Crippen molar-refractivity contribution in [2.45, 2.75) is 13.1 Å². The second kappa shape index (κ2) is 5.09. The van der Waals surface area contributed by atoms with Crippen molar-refractivity contribution in [3.05, 3.63) is 35.7 Å². The normalized spacial score (nSPS) is 14.6. The van der Waals surface area contributed by atoms with E-state index in [-0.39, 0.29) is 12.4 Å². The Hall–Kier alpha value is -2.15. The van der Waals surface area contributed by atoms with Crippen LogP contribution in [0.25, 0.3) is 0 Å². The standard InChI is InChI=1S/C13H16FN5O/c1-18-4-5-19(8-12-16-13(7-15)20-17-12)10-3-2-9(14)6-11(10)18/h2-3,6H,4-5,7-8,15H2,1H3. The molecule has 0 bridgehead atoms. The van der Waals surface area contributed by atoms with Crippen LogP contribution in [0, 0.1) is 5.82 Å². The van der Waals surface area contributed by atoms with E-state index in [1.165, 1.54) is 6.07 Å². The molecule has 2 N–H and O–H groups in total. The number of hydrogen-bond donors (Lipinski definition) is 1. The number of fused-ring (bicyclic) bond motifs is 1. The van der Waals surface area contributed by atoms with Gasteiger partial charge in [-0.1, -0.05) is 5.16 Å². The smallest absolute Gasteiger partial charge is 0.240 e. The number of aromatic nitrogens is 2. The Labute approximate surface area is 116 Å². The highest BCUT2D eigenvalue weighted by Crippen LogP contribution is 2.33. The Balaban J connectivity index is 1.86. The van der Waals surface area contributed by atoms with Crippen molar-refractivity contribution in [3.8, 4) is 0 Å². The topological polar surface area (TPSA) is 71.4 Å². The van der Waals surface area contributed by atoms with Crippen molar-refractivity contribution in [2.75, 3.05) is 29.9 Å². The van der Waals surface area contributed by atoms with Crippen LogP contribution >= 0.6 is 0 Å². The summed E-state index contributed by atoms with van der Waals surface area (Å²) in [6.07, 6.45) is 0. The molecule has 0 spiro atoms. The molecule has 106 valence electrons. The second-order valence-electron chi connectivity index (χ2n) is 4.78. The molecule has 2 heterocycles. The Morgan fingerprint density at radius 3 is 2.95 bits per heavy atom. The first-order chi connectivity index (χ1) is 9.67. The summed E-state index contributed by atoms with van der Waals surface area (Å²) in [5.74, 6) is 0.779. The minimum Gasteiger partial charge on any atom is -0.371 e. The lowest BCUT2D eigenvalue weighted by atomic mass is 10.1. The molecule has 0 radical (unpaired) electrons. The predicted octanol–water partition coefficient (Wildman–Crippen LogP) is 1.12. The fourth-order valence-corrected chi connectivity index (χ4v) is 2.35. The summed E-state index contributed by atoms with van der Waals surface area (Å²) in [6, 6.07) is 4.79. The molecule has 7 heteroatoms. The van der Waals surface area contributed by atoms with Gasteiger partial charge in [0.15, 0.2) is 5.82 Å². The molecule has 0 fully saturated rings. The lowest BCUT2D eigenvalue weighted by molar-refractivity contribution is 0.374. The fraction of sp³-hybridized carbons (Fsp3) is 0.385. The van der Waals surface area contributed by atoms with Gasteiger partial charge in [0.05, 0.1) is 24.5 Å². The number of rotatable bonds is 3. The molecule has 0 atom stereocenters. The van der Waals surface area contributed by atoms with Crippen molar-refractivity contribution in [3.63, 3.8) is 0 Å². The van der Waals surface area contributed by atoms with Crippen LogP contribution in [0.4, 0.5) is 15.8 Å². The van der Waals surface area contributed by atoms with Crippen LogP contribution in [0.1, 0.15) is 11.7 Å². The van der Waals surface area contributed by atoms with E-state index in [0.29, 0.717) is 18.3 Å². The molecule has 1 aliphatic rings. The van der Waals surface area contributed by atoms with E-state index in [4.69, 9.17) is 10.3 Å². The van der Waals surface area contributed by atoms with Gasteiger partial charge in [-0.15, -0.1) is 0 Å². The van der Waals surface area contributed by atoms with Crippen molar-refractivity contribution in [1.82, 2.24) is 10.1 Å². The number of likely N-dealkylation sites (N-methyl/N-ethyl adjacent to an activating group) is 1. The maximum atomic E-state index is 13.4. The average Bonchev–Trinajstić information content (AvgIpc) is 2.90. The molecule has 20 heavy (non-hydrogen) atoms. The number of hydrogen-bond acceptors (Lipinski definition) is 6. The Morgan fingerprint density at radius 1 is 1.35 bits per heavy atom. The number of nitrogens with two attached hydrogens (primary N) is 1. The summed E-state index contributed by atoms with van der Waals surface area (Å²) in [5, 5.41) is 3.90. The lowest BCUT2D eigenvalue weighted by Gasteiger charge is -2.36. The van der Waals surface area contributed by atoms with Gasteiger partial charge in [-0.3, -0.25) is 0 Å². The summed E-state index contributed by atoms with van der Waals surface area (Å²) in [5.41, 5.74) is 7.29. The quantitative estimate of drug-likeness (QED) is 0.906. The van der Waals surface area contributed by atoms with E-state index in [1.807, 2.05) is 11.9 Å². The van der Waals surface area contributed by atoms with Crippen LogP contribution in [-0.4, -0.2) is 30.3 Å². The van der Waals surface area contributed by atoms with Gasteiger partial charge >= 0.3 is 0 Å². The third-order valence-electron chi connectivity index (χ3n) is 3.41. The molecule has 0 amide bonds. The van der Waals surface area contributed by atoms with Crippen LogP contribution in [0.2, 0.25) is 0 Å². The number of nitrogens with zero attached hydrogens (tertiary/aromatic N) is 4. The van der Waals surface area contributed by atoms with Crippen LogP contribution in [-0.2, 0) is 13.1 Å². The molecule has 0 saturated heterocycles. The van der Waals surface area contributed by atoms with Gasteiger partial charge in [-0.25, -0.2) is 4.39 Å². The second-order valence-corrected chi connectivity index (χ2v) is 4.78. The SMILES string of the molecule is CN1CCN(Cc2noc(CN)n2)c2ccc(F)cc21. The van der Waals surface area contributed by atoms with Crippen LogP contribution < -0.4 is 15.5 Å². The number of benzene rings is 1. The van der Waals surface area contributed by atoms with E-state index in [9.17, 15) is 4.39 Å². The first-order valence-corrected chi connectivity index (χ1v) is 6.44. The van der Waals surface area contributed by atoms with Gasteiger partial charge < -0.3 is 20.1 Å². The first kappa shape index (κ1) is 12.9. The zero-order valence-corrected chi connectivity index (χ0v) is 11.2. The Morgan fingerprint density at radius 2 is 2.20 bits per heavy atom. The zero-order chi connectivity index (χ0) is 14.1. The largest absolute Gasteiger partial charge is 0.371 e. The summed E-state index contributed by atoms with van der Waals surface area (Å²) in [4.78, 5) is 8.35. The monoisotopic (exact) mass is 277 g/mol. The summed E-state index contributed by atoms with van der Waals surface area (Å²) in [7, 11) is 1.95.